The van der Waals surface area contributed by atoms with Crippen LogP contribution in [0, 0.1) is 5.92 Å². The van der Waals surface area contributed by atoms with Gasteiger partial charge in [-0.1, -0.05) is 19.1 Å². The van der Waals surface area contributed by atoms with Crippen molar-refractivity contribution in [1.82, 2.24) is 14.7 Å². The first-order valence-corrected chi connectivity index (χ1v) is 10.2. The van der Waals surface area contributed by atoms with E-state index in [0.29, 0.717) is 39.4 Å². The summed E-state index contributed by atoms with van der Waals surface area (Å²) in [6, 6.07) is 7.25. The van der Waals surface area contributed by atoms with Crippen LogP contribution in [0.1, 0.15) is 25.3 Å². The van der Waals surface area contributed by atoms with E-state index >= 15 is 0 Å². The van der Waals surface area contributed by atoms with Gasteiger partial charge in [-0.2, -0.15) is 0 Å². The Bertz CT molecular complexity index is 734. The normalized spacial score (nSPS) is 28.5. The van der Waals surface area contributed by atoms with E-state index in [1.54, 1.807) is 12.1 Å². The molecule has 0 bridgehead atoms. The van der Waals surface area contributed by atoms with Crippen molar-refractivity contribution in [3.8, 4) is 5.75 Å². The lowest BCUT2D eigenvalue weighted by Crippen LogP contribution is -2.56. The zero-order valence-corrected chi connectivity index (χ0v) is 16.4. The predicted molar refractivity (Wildman–Crippen MR) is 104 cm³/mol. The van der Waals surface area contributed by atoms with Crippen LogP contribution in [-0.4, -0.2) is 83.1 Å². The number of ether oxygens (including phenoxy) is 1. The Balaban J connectivity index is 1.46. The average Bonchev–Trinajstić information content (AvgIpc) is 3.07. The monoisotopic (exact) mass is 387 g/mol. The molecule has 3 fully saturated rings. The van der Waals surface area contributed by atoms with E-state index in [1.807, 2.05) is 21.9 Å². The third-order valence-electron chi connectivity index (χ3n) is 6.23. The number of hydrogen-bond acceptors (Lipinski definition) is 5. The first-order valence-electron chi connectivity index (χ1n) is 10.2. The highest BCUT2D eigenvalue weighted by Gasteiger charge is 2.49. The highest BCUT2D eigenvalue weighted by atomic mass is 16.5. The third kappa shape index (κ3) is 3.73. The summed E-state index contributed by atoms with van der Waals surface area (Å²) < 4.78 is 5.37. The largest absolute Gasteiger partial charge is 0.508 e. The fraction of sp³-hybridized carbons (Fsp3) is 0.619. The quantitative estimate of drug-likeness (QED) is 0.836. The van der Waals surface area contributed by atoms with E-state index in [2.05, 4.69) is 11.8 Å². The number of carbonyl (C=O) groups is 2. The summed E-state index contributed by atoms with van der Waals surface area (Å²) in [6.07, 6.45) is 1.53. The fourth-order valence-corrected chi connectivity index (χ4v) is 5.01. The van der Waals surface area contributed by atoms with Gasteiger partial charge in [0, 0.05) is 38.3 Å². The van der Waals surface area contributed by atoms with Gasteiger partial charge in [-0.15, -0.1) is 0 Å². The highest BCUT2D eigenvalue weighted by molar-refractivity contribution is 5.85. The molecule has 3 aliphatic heterocycles. The molecule has 0 unspecified atom stereocenters. The number of phenolic OH excluding ortho intramolecular Hbond substituents is 1. The van der Waals surface area contributed by atoms with Gasteiger partial charge in [0.05, 0.1) is 25.7 Å². The first kappa shape index (κ1) is 19.2. The van der Waals surface area contributed by atoms with Crippen LogP contribution >= 0.6 is 0 Å². The number of piperazine rings is 1. The summed E-state index contributed by atoms with van der Waals surface area (Å²) in [5.41, 5.74) is 0.993. The Labute approximate surface area is 165 Å². The van der Waals surface area contributed by atoms with Crippen molar-refractivity contribution in [2.75, 3.05) is 39.4 Å². The minimum atomic E-state index is -0.113. The van der Waals surface area contributed by atoms with E-state index in [4.69, 9.17) is 4.74 Å². The van der Waals surface area contributed by atoms with Gasteiger partial charge in [-0.05, 0) is 30.5 Å². The maximum absolute atomic E-state index is 13.1. The maximum atomic E-state index is 13.1. The molecular weight excluding hydrogens is 358 g/mol. The van der Waals surface area contributed by atoms with E-state index in [9.17, 15) is 14.7 Å². The number of amides is 2. The number of benzene rings is 1. The Morgan fingerprint density at radius 2 is 2.07 bits per heavy atom. The van der Waals surface area contributed by atoms with Crippen LogP contribution in [0.15, 0.2) is 24.3 Å². The lowest BCUT2D eigenvalue weighted by molar-refractivity contribution is -0.143. The molecule has 0 aromatic heterocycles. The molecule has 7 nitrogen and oxygen atoms in total. The van der Waals surface area contributed by atoms with Gasteiger partial charge in [0.2, 0.25) is 11.8 Å². The van der Waals surface area contributed by atoms with Crippen molar-refractivity contribution >= 4 is 11.8 Å². The van der Waals surface area contributed by atoms with Crippen LogP contribution in [-0.2, 0) is 20.9 Å². The second-order valence-corrected chi connectivity index (χ2v) is 8.05. The molecule has 3 saturated heterocycles. The molecule has 1 N–H and O–H groups in total. The number of morpholine rings is 1. The molecule has 0 spiro atoms. The summed E-state index contributed by atoms with van der Waals surface area (Å²) in [5, 5.41) is 9.69. The molecule has 3 atom stereocenters. The number of rotatable bonds is 4. The summed E-state index contributed by atoms with van der Waals surface area (Å²) in [7, 11) is 0. The second-order valence-electron chi connectivity index (χ2n) is 8.05. The first-order chi connectivity index (χ1) is 13.6. The van der Waals surface area contributed by atoms with Gasteiger partial charge in [0.15, 0.2) is 0 Å². The molecule has 3 heterocycles. The van der Waals surface area contributed by atoms with Crippen LogP contribution in [0.5, 0.6) is 5.75 Å². The standard InChI is InChI=1S/C21H29N3O4/c1-2-19-18(21(27)23-6-8-28-9-7-23)11-16-13-22(14-20(26)24(16)19)12-15-4-3-5-17(25)10-15/h3-5,10,16,18-19,25H,2,6-9,11-14H2,1H3/t16-,18-,19-/m1/s1. The molecular formula is C21H29N3O4. The zero-order valence-electron chi connectivity index (χ0n) is 16.4. The van der Waals surface area contributed by atoms with Crippen molar-refractivity contribution in [1.29, 1.82) is 0 Å². The van der Waals surface area contributed by atoms with Crippen molar-refractivity contribution in [3.63, 3.8) is 0 Å². The number of fused-ring (bicyclic) bond motifs is 1. The van der Waals surface area contributed by atoms with E-state index in [1.165, 1.54) is 0 Å². The molecule has 28 heavy (non-hydrogen) atoms. The van der Waals surface area contributed by atoms with Crippen molar-refractivity contribution in [2.45, 2.75) is 38.4 Å². The maximum Gasteiger partial charge on any atom is 0.237 e. The molecule has 2 amide bonds. The number of nitrogens with zero attached hydrogens (tertiary/aromatic N) is 3. The highest BCUT2D eigenvalue weighted by Crippen LogP contribution is 2.36. The summed E-state index contributed by atoms with van der Waals surface area (Å²) >= 11 is 0. The van der Waals surface area contributed by atoms with E-state index < -0.39 is 0 Å². The van der Waals surface area contributed by atoms with Crippen molar-refractivity contribution < 1.29 is 19.4 Å². The number of phenols is 1. The summed E-state index contributed by atoms with van der Waals surface area (Å²) in [5.74, 6) is 0.417. The van der Waals surface area contributed by atoms with Crippen molar-refractivity contribution in [2.24, 2.45) is 5.92 Å². The molecule has 1 aromatic rings. The third-order valence-corrected chi connectivity index (χ3v) is 6.23. The Hall–Kier alpha value is -2.12. The van der Waals surface area contributed by atoms with Gasteiger partial charge < -0.3 is 19.6 Å². The lowest BCUT2D eigenvalue weighted by atomic mass is 9.95. The molecule has 152 valence electrons. The zero-order chi connectivity index (χ0) is 19.7. The van der Waals surface area contributed by atoms with Gasteiger partial charge >= 0.3 is 0 Å². The van der Waals surface area contributed by atoms with Crippen LogP contribution in [0.2, 0.25) is 0 Å². The fourth-order valence-electron chi connectivity index (χ4n) is 5.01. The number of hydrogen-bond donors (Lipinski definition) is 1. The molecule has 1 aromatic carbocycles. The number of carbonyl (C=O) groups excluding carboxylic acids is 2. The summed E-state index contributed by atoms with van der Waals surface area (Å²) in [4.78, 5) is 32.1. The minimum absolute atomic E-state index is 0.00392. The van der Waals surface area contributed by atoms with E-state index in [0.717, 1.165) is 24.9 Å². The van der Waals surface area contributed by atoms with Gasteiger partial charge in [-0.3, -0.25) is 14.5 Å². The topological polar surface area (TPSA) is 73.3 Å². The van der Waals surface area contributed by atoms with Crippen molar-refractivity contribution in [3.05, 3.63) is 29.8 Å². The SMILES string of the molecule is CC[C@@H]1[C@H](C(=O)N2CCOCC2)C[C@@H]2CN(Cc3cccc(O)c3)CC(=O)N21. The van der Waals surface area contributed by atoms with Crippen LogP contribution < -0.4 is 0 Å². The van der Waals surface area contributed by atoms with Gasteiger partial charge in [0.25, 0.3) is 0 Å². The smallest absolute Gasteiger partial charge is 0.237 e. The molecule has 4 rings (SSSR count). The lowest BCUT2D eigenvalue weighted by Gasteiger charge is -2.40. The van der Waals surface area contributed by atoms with Gasteiger partial charge in [-0.25, -0.2) is 0 Å². The van der Waals surface area contributed by atoms with Crippen LogP contribution in [0.4, 0.5) is 0 Å². The van der Waals surface area contributed by atoms with Crippen LogP contribution in [0.3, 0.4) is 0 Å². The van der Waals surface area contributed by atoms with E-state index in [-0.39, 0.29) is 35.6 Å². The predicted octanol–water partition coefficient (Wildman–Crippen LogP) is 1.06. The Morgan fingerprint density at radius 3 is 2.79 bits per heavy atom. The van der Waals surface area contributed by atoms with Gasteiger partial charge in [0.1, 0.15) is 5.75 Å². The molecule has 0 saturated carbocycles. The Kier molecular flexibility index (Phi) is 5.55. The second kappa shape index (κ2) is 8.09. The minimum Gasteiger partial charge on any atom is -0.508 e. The average molecular weight is 387 g/mol. The van der Waals surface area contributed by atoms with Crippen LogP contribution in [0.25, 0.3) is 0 Å². The number of aromatic hydroxyl groups is 1. The molecule has 0 aliphatic carbocycles. The molecule has 3 aliphatic rings. The Morgan fingerprint density at radius 1 is 1.29 bits per heavy atom. The summed E-state index contributed by atoms with van der Waals surface area (Å²) in [6.45, 7) is 6.31. The molecule has 7 heteroatoms. The molecule has 0 radical (unpaired) electrons.